The Balaban J connectivity index is 2.42. The van der Waals surface area contributed by atoms with E-state index in [0.29, 0.717) is 0 Å². The van der Waals surface area contributed by atoms with E-state index in [9.17, 15) is 13.7 Å². The summed E-state index contributed by atoms with van der Waals surface area (Å²) >= 11 is 0. The van der Waals surface area contributed by atoms with E-state index in [1.54, 1.807) is 6.92 Å². The lowest BCUT2D eigenvalue weighted by Gasteiger charge is -2.07. The summed E-state index contributed by atoms with van der Waals surface area (Å²) in [7, 11) is -1.78. The predicted molar refractivity (Wildman–Crippen MR) is 81.7 cm³/mol. The summed E-state index contributed by atoms with van der Waals surface area (Å²) in [4.78, 5) is 0. The molecule has 5 heteroatoms. The quantitative estimate of drug-likeness (QED) is 0.809. The van der Waals surface area contributed by atoms with Crippen molar-refractivity contribution in [3.05, 3.63) is 35.4 Å². The van der Waals surface area contributed by atoms with Gasteiger partial charge in [0.2, 0.25) is 0 Å². The van der Waals surface area contributed by atoms with Crippen molar-refractivity contribution in [2.45, 2.75) is 31.4 Å². The lowest BCUT2D eigenvalue weighted by molar-refractivity contribution is 0.162. The molecule has 1 aromatic rings. The van der Waals surface area contributed by atoms with Gasteiger partial charge in [-0.05, 0) is 17.5 Å². The molecule has 0 amide bonds. The van der Waals surface area contributed by atoms with Crippen LogP contribution in [-0.2, 0) is 21.0 Å². The maximum absolute atomic E-state index is 12.3. The van der Waals surface area contributed by atoms with Crippen molar-refractivity contribution in [3.8, 4) is 6.07 Å². The van der Waals surface area contributed by atoms with Crippen LogP contribution in [0.1, 0.15) is 30.9 Å². The standard InChI is InChI=1S/C16H21NO3S/c1-4-12-6-8-13(9-7-12)14-15(21(18,19)5-2)16(14,10-17)11-20-3/h6-9,14-15H,4-5,11H2,1-3H3/t14-,15+,16-/m1/s1. The third kappa shape index (κ3) is 2.58. The summed E-state index contributed by atoms with van der Waals surface area (Å²) in [6.07, 6.45) is 0.934. The number of hydrogen-bond acceptors (Lipinski definition) is 4. The van der Waals surface area contributed by atoms with Gasteiger partial charge in [0.15, 0.2) is 9.84 Å². The van der Waals surface area contributed by atoms with E-state index in [1.807, 2.05) is 24.3 Å². The predicted octanol–water partition coefficient (Wildman–Crippen LogP) is 2.31. The highest BCUT2D eigenvalue weighted by atomic mass is 32.2. The van der Waals surface area contributed by atoms with Crippen molar-refractivity contribution in [2.75, 3.05) is 19.5 Å². The summed E-state index contributed by atoms with van der Waals surface area (Å²) in [6, 6.07) is 10.1. The molecule has 0 saturated heterocycles. The number of rotatable bonds is 6. The zero-order valence-electron chi connectivity index (χ0n) is 12.7. The number of nitrogens with zero attached hydrogens (tertiary/aromatic N) is 1. The van der Waals surface area contributed by atoms with Crippen LogP contribution in [0.15, 0.2) is 24.3 Å². The van der Waals surface area contributed by atoms with Gasteiger partial charge >= 0.3 is 0 Å². The summed E-state index contributed by atoms with van der Waals surface area (Å²) in [6.45, 7) is 3.84. The van der Waals surface area contributed by atoms with Gasteiger partial charge in [0.1, 0.15) is 5.41 Å². The highest BCUT2D eigenvalue weighted by molar-refractivity contribution is 7.92. The lowest BCUT2D eigenvalue weighted by Crippen LogP contribution is -2.20. The van der Waals surface area contributed by atoms with Gasteiger partial charge < -0.3 is 4.74 Å². The van der Waals surface area contributed by atoms with Crippen molar-refractivity contribution in [2.24, 2.45) is 5.41 Å². The van der Waals surface area contributed by atoms with E-state index < -0.39 is 20.5 Å². The minimum Gasteiger partial charge on any atom is -0.383 e. The summed E-state index contributed by atoms with van der Waals surface area (Å²) in [5.41, 5.74) is 1.16. The Bertz CT molecular complexity index is 645. The Morgan fingerprint density at radius 3 is 2.33 bits per heavy atom. The van der Waals surface area contributed by atoms with Crippen molar-refractivity contribution in [1.29, 1.82) is 5.26 Å². The molecule has 1 fully saturated rings. The largest absolute Gasteiger partial charge is 0.383 e. The normalized spacial score (nSPS) is 28.1. The van der Waals surface area contributed by atoms with Gasteiger partial charge in [-0.15, -0.1) is 0 Å². The van der Waals surface area contributed by atoms with Crippen LogP contribution in [0.5, 0.6) is 0 Å². The minimum atomic E-state index is -3.28. The molecule has 1 saturated carbocycles. The van der Waals surface area contributed by atoms with Gasteiger partial charge in [0, 0.05) is 18.8 Å². The molecule has 0 radical (unpaired) electrons. The first kappa shape index (κ1) is 16.0. The minimum absolute atomic E-state index is 0.0500. The Kier molecular flexibility index (Phi) is 4.40. The number of methoxy groups -OCH3 is 1. The maximum atomic E-state index is 12.3. The molecule has 1 aromatic carbocycles. The van der Waals surface area contributed by atoms with Gasteiger partial charge in [-0.1, -0.05) is 38.1 Å². The number of hydrogen-bond donors (Lipinski definition) is 0. The number of benzene rings is 1. The second-order valence-corrected chi connectivity index (χ2v) is 7.94. The van der Waals surface area contributed by atoms with E-state index >= 15 is 0 Å². The first-order chi connectivity index (χ1) is 9.96. The average Bonchev–Trinajstić information content (AvgIpc) is 3.18. The molecule has 0 spiro atoms. The second kappa shape index (κ2) is 5.78. The highest BCUT2D eigenvalue weighted by Gasteiger charge is 2.71. The number of sulfone groups is 1. The summed E-state index contributed by atoms with van der Waals surface area (Å²) < 4.78 is 29.8. The Hall–Kier alpha value is -1.38. The number of nitriles is 1. The molecule has 0 unspecified atom stereocenters. The zero-order valence-corrected chi connectivity index (χ0v) is 13.5. The molecule has 0 heterocycles. The fraction of sp³-hybridized carbons (Fsp3) is 0.562. The fourth-order valence-corrected chi connectivity index (χ4v) is 5.12. The monoisotopic (exact) mass is 307 g/mol. The lowest BCUT2D eigenvalue weighted by atomic mass is 10.00. The van der Waals surface area contributed by atoms with Crippen LogP contribution in [0.2, 0.25) is 0 Å². The Labute approximate surface area is 126 Å². The molecule has 114 valence electrons. The van der Waals surface area contributed by atoms with Crippen LogP contribution in [0.25, 0.3) is 0 Å². The van der Waals surface area contributed by atoms with Crippen molar-refractivity contribution >= 4 is 9.84 Å². The van der Waals surface area contributed by atoms with Gasteiger partial charge in [-0.25, -0.2) is 8.42 Å². The van der Waals surface area contributed by atoms with Crippen molar-refractivity contribution in [3.63, 3.8) is 0 Å². The van der Waals surface area contributed by atoms with Gasteiger partial charge in [0.25, 0.3) is 0 Å². The molecule has 2 rings (SSSR count). The Morgan fingerprint density at radius 1 is 1.29 bits per heavy atom. The number of ether oxygens (including phenoxy) is 1. The van der Waals surface area contributed by atoms with E-state index in [-0.39, 0.29) is 18.3 Å². The van der Waals surface area contributed by atoms with Crippen LogP contribution in [0, 0.1) is 16.7 Å². The first-order valence-electron chi connectivity index (χ1n) is 7.17. The van der Waals surface area contributed by atoms with Crippen LogP contribution in [0.3, 0.4) is 0 Å². The third-order valence-electron chi connectivity index (χ3n) is 4.38. The first-order valence-corrected chi connectivity index (χ1v) is 8.89. The van der Waals surface area contributed by atoms with Crippen LogP contribution in [0.4, 0.5) is 0 Å². The molecular weight excluding hydrogens is 286 g/mol. The third-order valence-corrected chi connectivity index (χ3v) is 6.66. The van der Waals surface area contributed by atoms with Crippen LogP contribution < -0.4 is 0 Å². The molecule has 0 aliphatic heterocycles. The summed E-state index contributed by atoms with van der Waals surface area (Å²) in [5.74, 6) is -0.243. The van der Waals surface area contributed by atoms with Gasteiger partial charge in [0.05, 0.1) is 17.9 Å². The second-order valence-electron chi connectivity index (χ2n) is 5.53. The fourth-order valence-electron chi connectivity index (χ4n) is 3.12. The van der Waals surface area contributed by atoms with E-state index in [1.165, 1.54) is 12.7 Å². The molecule has 0 bridgehead atoms. The molecule has 21 heavy (non-hydrogen) atoms. The highest BCUT2D eigenvalue weighted by Crippen LogP contribution is 2.62. The average molecular weight is 307 g/mol. The van der Waals surface area contributed by atoms with Crippen LogP contribution in [-0.4, -0.2) is 33.1 Å². The van der Waals surface area contributed by atoms with Gasteiger partial charge in [-0.2, -0.15) is 5.26 Å². The van der Waals surface area contributed by atoms with Gasteiger partial charge in [-0.3, -0.25) is 0 Å². The SMILES string of the molecule is CCc1ccc([C@@H]2[C@H](S(=O)(=O)CC)[C@]2(C#N)COC)cc1. The van der Waals surface area contributed by atoms with E-state index in [4.69, 9.17) is 4.74 Å². The van der Waals surface area contributed by atoms with Crippen LogP contribution >= 0.6 is 0 Å². The topological polar surface area (TPSA) is 67.2 Å². The van der Waals surface area contributed by atoms with E-state index in [0.717, 1.165) is 12.0 Å². The van der Waals surface area contributed by atoms with Crippen molar-refractivity contribution in [1.82, 2.24) is 0 Å². The van der Waals surface area contributed by atoms with E-state index in [2.05, 4.69) is 13.0 Å². The molecule has 3 atom stereocenters. The molecule has 0 aromatic heterocycles. The smallest absolute Gasteiger partial charge is 0.155 e. The Morgan fingerprint density at radius 2 is 1.90 bits per heavy atom. The molecular formula is C16H21NO3S. The zero-order chi connectivity index (χ0) is 15.7. The molecule has 4 nitrogen and oxygen atoms in total. The maximum Gasteiger partial charge on any atom is 0.155 e. The summed E-state index contributed by atoms with van der Waals surface area (Å²) in [5, 5.41) is 8.90. The van der Waals surface area contributed by atoms with Crippen molar-refractivity contribution < 1.29 is 13.2 Å². The molecule has 0 N–H and O–H groups in total. The number of aryl methyl sites for hydroxylation is 1. The molecule has 1 aliphatic rings. The molecule has 1 aliphatic carbocycles.